The zero-order chi connectivity index (χ0) is 14.8. The predicted molar refractivity (Wildman–Crippen MR) is 72.8 cm³/mol. The lowest BCUT2D eigenvalue weighted by molar-refractivity contribution is -0.322. The van der Waals surface area contributed by atoms with E-state index in [2.05, 4.69) is 10.1 Å². The third-order valence-corrected chi connectivity index (χ3v) is 3.33. The molecule has 7 heteroatoms. The van der Waals surface area contributed by atoms with Gasteiger partial charge in [0.25, 0.3) is 0 Å². The minimum absolute atomic E-state index is 0.269. The molecule has 0 atom stereocenters. The summed E-state index contributed by atoms with van der Waals surface area (Å²) >= 11 is 1.34. The molecule has 3 nitrogen and oxygen atoms in total. The number of rotatable bonds is 9. The van der Waals surface area contributed by atoms with Crippen molar-refractivity contribution >= 4 is 11.8 Å². The standard InChI is InChI=1S/C13H18F3NO2S/c1-18-7-6-17-10-11-2-4-12(5-3-11)20-9-8-19-13(14,15)16/h2-5,17H,6-10H2,1H3. The first kappa shape index (κ1) is 17.3. The summed E-state index contributed by atoms with van der Waals surface area (Å²) < 4.78 is 43.9. The summed E-state index contributed by atoms with van der Waals surface area (Å²) in [6.45, 7) is 1.84. The molecule has 0 fully saturated rings. The lowest BCUT2D eigenvalue weighted by Crippen LogP contribution is -2.18. The van der Waals surface area contributed by atoms with Crippen LogP contribution in [0.5, 0.6) is 0 Å². The fourth-order valence-corrected chi connectivity index (χ4v) is 2.16. The van der Waals surface area contributed by atoms with Gasteiger partial charge in [0.2, 0.25) is 0 Å². The Hall–Kier alpha value is -0.760. The van der Waals surface area contributed by atoms with Gasteiger partial charge in [-0.15, -0.1) is 24.9 Å². The van der Waals surface area contributed by atoms with Crippen molar-refractivity contribution in [3.05, 3.63) is 29.8 Å². The van der Waals surface area contributed by atoms with Gasteiger partial charge in [0.05, 0.1) is 13.2 Å². The third-order valence-electron chi connectivity index (χ3n) is 2.35. The maximum atomic E-state index is 11.8. The number of nitrogens with one attached hydrogen (secondary N) is 1. The van der Waals surface area contributed by atoms with Crippen LogP contribution in [0.4, 0.5) is 13.2 Å². The minimum atomic E-state index is -4.54. The Kier molecular flexibility index (Phi) is 7.98. The van der Waals surface area contributed by atoms with Crippen LogP contribution in [0, 0.1) is 0 Å². The minimum Gasteiger partial charge on any atom is -0.383 e. The number of alkyl halides is 3. The van der Waals surface area contributed by atoms with Crippen molar-refractivity contribution in [1.82, 2.24) is 5.32 Å². The molecular weight excluding hydrogens is 291 g/mol. The highest BCUT2D eigenvalue weighted by Crippen LogP contribution is 2.21. The number of halogens is 3. The van der Waals surface area contributed by atoms with Crippen LogP contribution in [0.25, 0.3) is 0 Å². The molecule has 0 saturated carbocycles. The van der Waals surface area contributed by atoms with Gasteiger partial charge in [0.1, 0.15) is 0 Å². The molecule has 114 valence electrons. The zero-order valence-corrected chi connectivity index (χ0v) is 12.0. The molecule has 0 spiro atoms. The number of hydrogen-bond acceptors (Lipinski definition) is 4. The summed E-state index contributed by atoms with van der Waals surface area (Å²) in [7, 11) is 1.65. The van der Waals surface area contributed by atoms with E-state index in [0.29, 0.717) is 6.61 Å². The monoisotopic (exact) mass is 309 g/mol. The second-order valence-electron chi connectivity index (χ2n) is 3.96. The Morgan fingerprint density at radius 3 is 2.45 bits per heavy atom. The molecule has 20 heavy (non-hydrogen) atoms. The Bertz CT molecular complexity index is 371. The van der Waals surface area contributed by atoms with Crippen molar-refractivity contribution in [2.24, 2.45) is 0 Å². The van der Waals surface area contributed by atoms with E-state index in [1.54, 1.807) is 7.11 Å². The van der Waals surface area contributed by atoms with E-state index in [4.69, 9.17) is 4.74 Å². The molecule has 0 unspecified atom stereocenters. The first-order valence-corrected chi connectivity index (χ1v) is 7.12. The van der Waals surface area contributed by atoms with E-state index in [1.165, 1.54) is 11.8 Å². The van der Waals surface area contributed by atoms with Crippen molar-refractivity contribution in [3.8, 4) is 0 Å². The number of methoxy groups -OCH3 is 1. The molecule has 0 aromatic heterocycles. The third kappa shape index (κ3) is 8.42. The van der Waals surface area contributed by atoms with Gasteiger partial charge >= 0.3 is 6.36 Å². The Morgan fingerprint density at radius 1 is 1.15 bits per heavy atom. The lowest BCUT2D eigenvalue weighted by Gasteiger charge is -2.08. The van der Waals surface area contributed by atoms with Crippen LogP contribution in [-0.4, -0.2) is 39.0 Å². The molecule has 0 aliphatic rings. The van der Waals surface area contributed by atoms with Crippen LogP contribution in [0.2, 0.25) is 0 Å². The molecule has 1 N–H and O–H groups in total. The fourth-order valence-electron chi connectivity index (χ4n) is 1.43. The van der Waals surface area contributed by atoms with Gasteiger partial charge in [-0.05, 0) is 17.7 Å². The van der Waals surface area contributed by atoms with Crippen molar-refractivity contribution in [1.29, 1.82) is 0 Å². The largest absolute Gasteiger partial charge is 0.522 e. The SMILES string of the molecule is COCCNCc1ccc(SCCOC(F)(F)F)cc1. The van der Waals surface area contributed by atoms with Crippen LogP contribution in [0.15, 0.2) is 29.2 Å². The average molecular weight is 309 g/mol. The maximum Gasteiger partial charge on any atom is 0.522 e. The summed E-state index contributed by atoms with van der Waals surface area (Å²) in [6, 6.07) is 7.69. The number of ether oxygens (including phenoxy) is 2. The summed E-state index contributed by atoms with van der Waals surface area (Å²) in [4.78, 5) is 0.927. The molecule has 0 aliphatic heterocycles. The predicted octanol–water partition coefficient (Wildman–Crippen LogP) is 3.05. The number of hydrogen-bond donors (Lipinski definition) is 1. The normalized spacial score (nSPS) is 11.8. The van der Waals surface area contributed by atoms with E-state index in [-0.39, 0.29) is 12.4 Å². The maximum absolute atomic E-state index is 11.8. The molecule has 1 rings (SSSR count). The van der Waals surface area contributed by atoms with E-state index in [1.807, 2.05) is 24.3 Å². The first-order chi connectivity index (χ1) is 9.51. The summed E-state index contributed by atoms with van der Waals surface area (Å²) in [5.41, 5.74) is 1.12. The molecule has 0 saturated heterocycles. The summed E-state index contributed by atoms with van der Waals surface area (Å²) in [5, 5.41) is 3.21. The molecule has 1 aromatic rings. The lowest BCUT2D eigenvalue weighted by atomic mass is 10.2. The molecule has 0 aliphatic carbocycles. The van der Waals surface area contributed by atoms with Crippen LogP contribution in [0.1, 0.15) is 5.56 Å². The van der Waals surface area contributed by atoms with Crippen molar-refractivity contribution in [2.75, 3.05) is 32.6 Å². The van der Waals surface area contributed by atoms with Gasteiger partial charge in [-0.25, -0.2) is 0 Å². The average Bonchev–Trinajstić information content (AvgIpc) is 2.40. The van der Waals surface area contributed by atoms with E-state index >= 15 is 0 Å². The van der Waals surface area contributed by atoms with Crippen LogP contribution in [0.3, 0.4) is 0 Å². The van der Waals surface area contributed by atoms with E-state index in [9.17, 15) is 13.2 Å². The van der Waals surface area contributed by atoms with Crippen molar-refractivity contribution in [2.45, 2.75) is 17.8 Å². The Balaban J connectivity index is 2.21. The molecule has 0 bridgehead atoms. The summed E-state index contributed by atoms with van der Waals surface area (Å²) in [5.74, 6) is 0.269. The molecule has 0 heterocycles. The second-order valence-corrected chi connectivity index (χ2v) is 5.12. The van der Waals surface area contributed by atoms with Crippen LogP contribution < -0.4 is 5.32 Å². The number of thioether (sulfide) groups is 1. The number of benzene rings is 1. The Morgan fingerprint density at radius 2 is 1.85 bits per heavy atom. The molecule has 0 radical (unpaired) electrons. The van der Waals surface area contributed by atoms with Gasteiger partial charge < -0.3 is 10.1 Å². The highest BCUT2D eigenvalue weighted by Gasteiger charge is 2.28. The second kappa shape index (κ2) is 9.23. The Labute approximate surface area is 120 Å². The van der Waals surface area contributed by atoms with Gasteiger partial charge in [0, 0.05) is 30.8 Å². The van der Waals surface area contributed by atoms with E-state index < -0.39 is 6.36 Å². The highest BCUT2D eigenvalue weighted by atomic mass is 32.2. The van der Waals surface area contributed by atoms with Gasteiger partial charge in [-0.2, -0.15) is 0 Å². The zero-order valence-electron chi connectivity index (χ0n) is 11.2. The molecule has 1 aromatic carbocycles. The van der Waals surface area contributed by atoms with E-state index in [0.717, 1.165) is 23.5 Å². The highest BCUT2D eigenvalue weighted by molar-refractivity contribution is 7.99. The van der Waals surface area contributed by atoms with Crippen LogP contribution >= 0.6 is 11.8 Å². The smallest absolute Gasteiger partial charge is 0.383 e. The first-order valence-electron chi connectivity index (χ1n) is 6.13. The fraction of sp³-hybridized carbons (Fsp3) is 0.538. The quantitative estimate of drug-likeness (QED) is 0.561. The van der Waals surface area contributed by atoms with Crippen molar-refractivity contribution in [3.63, 3.8) is 0 Å². The van der Waals surface area contributed by atoms with Gasteiger partial charge in [-0.1, -0.05) is 12.1 Å². The molecule has 0 amide bonds. The van der Waals surface area contributed by atoms with Gasteiger partial charge in [-0.3, -0.25) is 4.74 Å². The van der Waals surface area contributed by atoms with Gasteiger partial charge in [0.15, 0.2) is 0 Å². The van der Waals surface area contributed by atoms with Crippen molar-refractivity contribution < 1.29 is 22.6 Å². The van der Waals surface area contributed by atoms with Crippen LogP contribution in [-0.2, 0) is 16.0 Å². The molecular formula is C13H18F3NO2S. The topological polar surface area (TPSA) is 30.5 Å². The summed E-state index contributed by atoms with van der Waals surface area (Å²) in [6.07, 6.45) is -4.54.